The molecule has 2 aromatic rings. The number of halogens is 3. The van der Waals surface area contributed by atoms with Crippen LogP contribution in [0.15, 0.2) is 52.3 Å². The van der Waals surface area contributed by atoms with Gasteiger partial charge in [0.05, 0.1) is 22.8 Å². The van der Waals surface area contributed by atoms with E-state index >= 15 is 0 Å². The molecule has 0 N–H and O–H groups in total. The molecular formula is C20H23F3N2O3S2. The average Bonchev–Trinajstić information content (AvgIpc) is 2.70. The number of sulfonamides is 1. The van der Waals surface area contributed by atoms with Gasteiger partial charge in [-0.25, -0.2) is 8.42 Å². The summed E-state index contributed by atoms with van der Waals surface area (Å²) in [6.07, 6.45) is -3.81. The van der Waals surface area contributed by atoms with Crippen molar-refractivity contribution in [1.29, 1.82) is 0 Å². The summed E-state index contributed by atoms with van der Waals surface area (Å²) in [5, 5.41) is 0. The molecule has 1 aliphatic heterocycles. The van der Waals surface area contributed by atoms with Gasteiger partial charge in [-0.05, 0) is 50.8 Å². The molecule has 0 spiro atoms. The molecule has 30 heavy (non-hydrogen) atoms. The largest absolute Gasteiger partial charge is 0.493 e. The van der Waals surface area contributed by atoms with E-state index in [0.717, 1.165) is 30.0 Å². The van der Waals surface area contributed by atoms with E-state index in [4.69, 9.17) is 4.74 Å². The summed E-state index contributed by atoms with van der Waals surface area (Å²) in [5.41, 5.74) is -0.568. The van der Waals surface area contributed by atoms with Crippen molar-refractivity contribution in [2.75, 3.05) is 43.8 Å². The quantitative estimate of drug-likeness (QED) is 0.576. The Morgan fingerprint density at radius 2 is 1.93 bits per heavy atom. The Morgan fingerprint density at radius 3 is 2.63 bits per heavy atom. The Morgan fingerprint density at radius 1 is 1.17 bits per heavy atom. The van der Waals surface area contributed by atoms with E-state index in [-0.39, 0.29) is 11.4 Å². The monoisotopic (exact) mass is 460 g/mol. The Bertz CT molecular complexity index is 995. The normalized spacial score (nSPS) is 14.7. The van der Waals surface area contributed by atoms with Crippen LogP contribution in [-0.2, 0) is 16.2 Å². The molecule has 1 aliphatic rings. The highest BCUT2D eigenvalue weighted by Gasteiger charge is 2.34. The van der Waals surface area contributed by atoms with Gasteiger partial charge >= 0.3 is 6.18 Å². The zero-order valence-electron chi connectivity index (χ0n) is 16.6. The van der Waals surface area contributed by atoms with Crippen molar-refractivity contribution in [3.05, 3.63) is 48.0 Å². The summed E-state index contributed by atoms with van der Waals surface area (Å²) in [4.78, 5) is 2.40. The molecule has 0 saturated heterocycles. The number of anilines is 1. The van der Waals surface area contributed by atoms with Crippen LogP contribution in [-0.4, -0.2) is 52.9 Å². The lowest BCUT2D eigenvalue weighted by Crippen LogP contribution is -2.35. The Balaban J connectivity index is 1.88. The Kier molecular flexibility index (Phi) is 6.88. The first-order chi connectivity index (χ1) is 14.1. The summed E-state index contributed by atoms with van der Waals surface area (Å²) in [6, 6.07) is 9.05. The molecular weight excluding hydrogens is 437 g/mol. The predicted octanol–water partition coefficient (Wildman–Crippen LogP) is 4.34. The maximum atomic E-state index is 13.2. The lowest BCUT2D eigenvalue weighted by molar-refractivity contribution is -0.137. The van der Waals surface area contributed by atoms with Gasteiger partial charge in [-0.2, -0.15) is 13.2 Å². The van der Waals surface area contributed by atoms with Crippen molar-refractivity contribution in [2.45, 2.75) is 22.4 Å². The maximum Gasteiger partial charge on any atom is 0.416 e. The lowest BCUT2D eigenvalue weighted by atomic mass is 10.2. The highest BCUT2D eigenvalue weighted by Crippen LogP contribution is 2.40. The van der Waals surface area contributed by atoms with Gasteiger partial charge < -0.3 is 9.64 Å². The molecule has 0 bridgehead atoms. The van der Waals surface area contributed by atoms with Crippen LogP contribution < -0.4 is 9.04 Å². The Hall–Kier alpha value is -1.91. The number of alkyl halides is 3. The van der Waals surface area contributed by atoms with E-state index < -0.39 is 21.8 Å². The Labute approximate surface area is 178 Å². The zero-order valence-corrected chi connectivity index (χ0v) is 18.3. The molecule has 164 valence electrons. The molecule has 0 aromatic heterocycles. The van der Waals surface area contributed by atoms with Crippen molar-refractivity contribution >= 4 is 27.5 Å². The second kappa shape index (κ2) is 9.07. The summed E-state index contributed by atoms with van der Waals surface area (Å²) in [6.45, 7) is 1.50. The molecule has 3 rings (SSSR count). The van der Waals surface area contributed by atoms with Crippen molar-refractivity contribution in [2.24, 2.45) is 0 Å². The van der Waals surface area contributed by atoms with E-state index in [2.05, 4.69) is 0 Å². The third-order valence-electron chi connectivity index (χ3n) is 4.52. The molecule has 0 atom stereocenters. The third kappa shape index (κ3) is 5.22. The SMILES string of the molecule is CN(C)CCCOc1ccc2c(c1)N(S(=O)(=O)c1cccc(C(F)(F)F)c1)CCS2. The van der Waals surface area contributed by atoms with Crippen molar-refractivity contribution in [3.63, 3.8) is 0 Å². The number of rotatable bonds is 7. The fraction of sp³-hybridized carbons (Fsp3) is 0.400. The van der Waals surface area contributed by atoms with Crippen molar-refractivity contribution in [1.82, 2.24) is 4.90 Å². The molecule has 0 saturated carbocycles. The van der Waals surface area contributed by atoms with Crippen LogP contribution in [0.2, 0.25) is 0 Å². The van der Waals surface area contributed by atoms with E-state index in [9.17, 15) is 21.6 Å². The molecule has 0 radical (unpaired) electrons. The second-order valence-electron chi connectivity index (χ2n) is 7.09. The van der Waals surface area contributed by atoms with Gasteiger partial charge in [0, 0.05) is 29.8 Å². The minimum Gasteiger partial charge on any atom is -0.493 e. The number of hydrogen-bond acceptors (Lipinski definition) is 5. The van der Waals surface area contributed by atoms with Crippen LogP contribution in [0.3, 0.4) is 0 Å². The number of thioether (sulfide) groups is 1. The molecule has 5 nitrogen and oxygen atoms in total. The van der Waals surface area contributed by atoms with Gasteiger partial charge in [0.2, 0.25) is 0 Å². The standard InChI is InChI=1S/C20H23F3N2O3S2/c1-24(2)9-4-11-28-16-7-8-19-18(14-16)25(10-12-29-19)30(26,27)17-6-3-5-15(13-17)20(21,22)23/h3,5-8,13-14H,4,9-12H2,1-2H3. The fourth-order valence-corrected chi connectivity index (χ4v) is 5.71. The smallest absolute Gasteiger partial charge is 0.416 e. The first kappa shape index (κ1) is 22.8. The summed E-state index contributed by atoms with van der Waals surface area (Å²) in [7, 11) is -0.224. The fourth-order valence-electron chi connectivity index (χ4n) is 3.04. The molecule has 0 fully saturated rings. The topological polar surface area (TPSA) is 49.9 Å². The molecule has 0 aliphatic carbocycles. The maximum absolute atomic E-state index is 13.2. The van der Waals surface area contributed by atoms with E-state index in [1.807, 2.05) is 19.0 Å². The van der Waals surface area contributed by atoms with Crippen LogP contribution in [0.1, 0.15) is 12.0 Å². The van der Waals surface area contributed by atoms with E-state index in [1.165, 1.54) is 22.1 Å². The average molecular weight is 461 g/mol. The highest BCUT2D eigenvalue weighted by atomic mass is 32.2. The van der Waals surface area contributed by atoms with Crippen LogP contribution in [0.5, 0.6) is 5.75 Å². The van der Waals surface area contributed by atoms with Crippen LogP contribution >= 0.6 is 11.8 Å². The van der Waals surface area contributed by atoms with Crippen molar-refractivity contribution in [3.8, 4) is 5.75 Å². The van der Waals surface area contributed by atoms with Crippen LogP contribution in [0.4, 0.5) is 18.9 Å². The number of benzene rings is 2. The first-order valence-electron chi connectivity index (χ1n) is 9.33. The van der Waals surface area contributed by atoms with Gasteiger partial charge in [-0.1, -0.05) is 6.07 Å². The second-order valence-corrected chi connectivity index (χ2v) is 10.1. The molecule has 2 aromatic carbocycles. The highest BCUT2D eigenvalue weighted by molar-refractivity contribution is 8.00. The van der Waals surface area contributed by atoms with Gasteiger partial charge in [-0.15, -0.1) is 11.8 Å². The van der Waals surface area contributed by atoms with Gasteiger partial charge in [-0.3, -0.25) is 4.31 Å². The summed E-state index contributed by atoms with van der Waals surface area (Å²) in [5.74, 6) is 1.04. The van der Waals surface area contributed by atoms with Gasteiger partial charge in [0.25, 0.3) is 10.0 Å². The van der Waals surface area contributed by atoms with Crippen LogP contribution in [0, 0.1) is 0 Å². The molecule has 0 unspecified atom stereocenters. The van der Waals surface area contributed by atoms with Gasteiger partial charge in [0.15, 0.2) is 0 Å². The zero-order chi connectivity index (χ0) is 21.9. The number of fused-ring (bicyclic) bond motifs is 1. The summed E-state index contributed by atoms with van der Waals surface area (Å²) < 4.78 is 72.4. The number of hydrogen-bond donors (Lipinski definition) is 0. The predicted molar refractivity (Wildman–Crippen MR) is 112 cm³/mol. The van der Waals surface area contributed by atoms with Gasteiger partial charge in [0.1, 0.15) is 5.75 Å². The molecule has 0 amide bonds. The molecule has 10 heteroatoms. The molecule has 1 heterocycles. The lowest BCUT2D eigenvalue weighted by Gasteiger charge is -2.30. The third-order valence-corrected chi connectivity index (χ3v) is 7.37. The summed E-state index contributed by atoms with van der Waals surface area (Å²) >= 11 is 1.50. The minimum absolute atomic E-state index is 0.167. The van der Waals surface area contributed by atoms with Crippen LogP contribution in [0.25, 0.3) is 0 Å². The number of nitrogens with zero attached hydrogens (tertiary/aromatic N) is 2. The van der Waals surface area contributed by atoms with Crippen molar-refractivity contribution < 1.29 is 26.3 Å². The van der Waals surface area contributed by atoms with E-state index in [0.29, 0.717) is 29.9 Å². The van der Waals surface area contributed by atoms with E-state index in [1.54, 1.807) is 18.2 Å². The minimum atomic E-state index is -4.62. The number of ether oxygens (including phenoxy) is 1. The first-order valence-corrected chi connectivity index (χ1v) is 11.8.